The van der Waals surface area contributed by atoms with Crippen molar-refractivity contribution in [1.29, 1.82) is 0 Å². The number of carbonyl (C=O) groups is 1. The van der Waals surface area contributed by atoms with Gasteiger partial charge in [0.2, 0.25) is 10.0 Å². The van der Waals surface area contributed by atoms with E-state index in [0.717, 1.165) is 39.0 Å². The lowest BCUT2D eigenvalue weighted by Crippen LogP contribution is -2.49. The fourth-order valence-electron chi connectivity index (χ4n) is 3.54. The topological polar surface area (TPSA) is 114 Å². The van der Waals surface area contributed by atoms with Crippen LogP contribution in [0.25, 0.3) is 10.9 Å². The van der Waals surface area contributed by atoms with E-state index in [-0.39, 0.29) is 10.8 Å². The van der Waals surface area contributed by atoms with Gasteiger partial charge in [0.05, 0.1) is 10.4 Å². The Balaban J connectivity index is 1.85. The maximum absolute atomic E-state index is 12.9. The number of piperazine rings is 1. The van der Waals surface area contributed by atoms with Crippen LogP contribution < -0.4 is 15.5 Å². The summed E-state index contributed by atoms with van der Waals surface area (Å²) >= 11 is 0. The highest BCUT2D eigenvalue weighted by atomic mass is 32.2. The Labute approximate surface area is 151 Å². The summed E-state index contributed by atoms with van der Waals surface area (Å²) in [5, 5.41) is 15.8. The molecule has 2 aliphatic heterocycles. The minimum Gasteiger partial charge on any atom is -0.337 e. The molecule has 0 unspecified atom stereocenters. The van der Waals surface area contributed by atoms with E-state index < -0.39 is 10.0 Å². The smallest absolute Gasteiger partial charge is 0.275 e. The highest BCUT2D eigenvalue weighted by molar-refractivity contribution is 7.89. The van der Waals surface area contributed by atoms with Gasteiger partial charge in [0.15, 0.2) is 5.69 Å². The predicted molar refractivity (Wildman–Crippen MR) is 97.1 cm³/mol. The molecule has 2 saturated heterocycles. The Morgan fingerprint density at radius 2 is 1.81 bits per heavy atom. The summed E-state index contributed by atoms with van der Waals surface area (Å²) in [7, 11) is -3.84. The third-order valence-corrected chi connectivity index (χ3v) is 5.83. The predicted octanol–water partition coefficient (Wildman–Crippen LogP) is -0.539. The zero-order valence-corrected chi connectivity index (χ0v) is 15.2. The lowest BCUT2D eigenvalue weighted by atomic mass is 10.2. The van der Waals surface area contributed by atoms with Crippen molar-refractivity contribution in [3.63, 3.8) is 0 Å². The normalized spacial score (nSPS) is 18.7. The molecule has 0 radical (unpaired) electrons. The maximum atomic E-state index is 12.9. The van der Waals surface area contributed by atoms with E-state index >= 15 is 0 Å². The monoisotopic (exact) mass is 378 g/mol. The van der Waals surface area contributed by atoms with Crippen molar-refractivity contribution in [2.45, 2.75) is 17.7 Å². The van der Waals surface area contributed by atoms with Crippen LogP contribution in [0.3, 0.4) is 0 Å². The number of nitrogens with zero attached hydrogens (tertiary/aromatic N) is 4. The van der Waals surface area contributed by atoms with Gasteiger partial charge in [-0.1, -0.05) is 0 Å². The molecule has 4 rings (SSSR count). The van der Waals surface area contributed by atoms with Crippen molar-refractivity contribution in [3.05, 3.63) is 23.9 Å². The van der Waals surface area contributed by atoms with Crippen molar-refractivity contribution in [2.75, 3.05) is 44.3 Å². The first-order valence-electron chi connectivity index (χ1n) is 8.76. The number of sulfonamides is 1. The molecule has 3 heterocycles. The number of fused-ring (bicyclic) bond motifs is 1. The minimum atomic E-state index is -3.84. The number of nitrogens with two attached hydrogens (primary N) is 1. The first kappa shape index (κ1) is 17.3. The van der Waals surface area contributed by atoms with E-state index in [1.165, 1.54) is 12.1 Å². The summed E-state index contributed by atoms with van der Waals surface area (Å²) in [4.78, 5) is 16.4. The minimum absolute atomic E-state index is 0.0152. The first-order valence-corrected chi connectivity index (χ1v) is 10.3. The van der Waals surface area contributed by atoms with Gasteiger partial charge >= 0.3 is 0 Å². The van der Waals surface area contributed by atoms with Crippen LogP contribution in [-0.2, 0) is 10.0 Å². The number of primary sulfonamides is 1. The fourth-order valence-corrected chi connectivity index (χ4v) is 4.08. The molecule has 2 aliphatic rings. The lowest BCUT2D eigenvalue weighted by molar-refractivity contribution is 0.0788. The summed E-state index contributed by atoms with van der Waals surface area (Å²) in [5.74, 6) is -0.107. The molecule has 2 aromatic rings. The van der Waals surface area contributed by atoms with Crippen molar-refractivity contribution < 1.29 is 13.2 Å². The van der Waals surface area contributed by atoms with Gasteiger partial charge in [-0.05, 0) is 31.0 Å². The Morgan fingerprint density at radius 3 is 2.46 bits per heavy atom. The van der Waals surface area contributed by atoms with Gasteiger partial charge in [0, 0.05) is 44.7 Å². The average Bonchev–Trinajstić information content (AvgIpc) is 3.29. The molecule has 26 heavy (non-hydrogen) atoms. The Morgan fingerprint density at radius 1 is 1.12 bits per heavy atom. The number of likely N-dealkylation sites (tertiary alicyclic amines) is 1. The zero-order chi connectivity index (χ0) is 18.3. The number of amides is 1. The molecule has 10 heteroatoms. The number of carbonyl (C=O) groups excluding carboxylic acids is 1. The van der Waals surface area contributed by atoms with E-state index in [4.69, 9.17) is 5.14 Å². The number of nitrogens with one attached hydrogen (secondary N) is 1. The number of rotatable bonds is 3. The van der Waals surface area contributed by atoms with Crippen LogP contribution in [0.1, 0.15) is 23.3 Å². The van der Waals surface area contributed by atoms with Crippen LogP contribution in [0.15, 0.2) is 23.1 Å². The van der Waals surface area contributed by atoms with Crippen molar-refractivity contribution in [1.82, 2.24) is 20.1 Å². The largest absolute Gasteiger partial charge is 0.337 e. The third kappa shape index (κ3) is 3.04. The summed E-state index contributed by atoms with van der Waals surface area (Å²) in [5.41, 5.74) is 0.947. The van der Waals surface area contributed by atoms with Crippen LogP contribution in [0.4, 0.5) is 0 Å². The van der Waals surface area contributed by atoms with Crippen LogP contribution >= 0.6 is 0 Å². The average molecular weight is 378 g/mol. The van der Waals surface area contributed by atoms with Crippen molar-refractivity contribution >= 4 is 26.8 Å². The molecular formula is C16H22N6O3S. The first-order chi connectivity index (χ1) is 12.4. The Bertz CT molecular complexity index is 942. The van der Waals surface area contributed by atoms with Crippen molar-refractivity contribution in [2.24, 2.45) is 5.14 Å². The van der Waals surface area contributed by atoms with Crippen LogP contribution in [0.2, 0.25) is 0 Å². The summed E-state index contributed by atoms with van der Waals surface area (Å²) < 4.78 is 23.5. The van der Waals surface area contributed by atoms with E-state index in [2.05, 4.69) is 10.4 Å². The van der Waals surface area contributed by atoms with Gasteiger partial charge in [0.1, 0.15) is 0 Å². The molecule has 3 N–H and O–H groups in total. The molecule has 140 valence electrons. The molecule has 0 saturated carbocycles. The van der Waals surface area contributed by atoms with E-state index in [9.17, 15) is 13.2 Å². The second-order valence-corrected chi connectivity index (χ2v) is 8.23. The SMILES string of the molecule is NS(=O)(=O)c1ccc2c(C(=O)N3CCCC3)nn(N3CCNCC3)c2c1. The quantitative estimate of drug-likeness (QED) is 0.742. The summed E-state index contributed by atoms with van der Waals surface area (Å²) in [6.07, 6.45) is 2.00. The van der Waals surface area contributed by atoms with Gasteiger partial charge in [-0.25, -0.2) is 13.6 Å². The number of aromatic nitrogens is 2. The van der Waals surface area contributed by atoms with Gasteiger partial charge in [-0.2, -0.15) is 4.79 Å². The van der Waals surface area contributed by atoms with E-state index in [0.29, 0.717) is 29.7 Å². The fraction of sp³-hybridized carbons (Fsp3) is 0.500. The van der Waals surface area contributed by atoms with Crippen LogP contribution in [0.5, 0.6) is 0 Å². The highest BCUT2D eigenvalue weighted by Crippen LogP contribution is 2.25. The van der Waals surface area contributed by atoms with E-state index in [1.807, 2.05) is 5.01 Å². The van der Waals surface area contributed by atoms with Gasteiger partial charge in [-0.3, -0.25) is 9.80 Å². The Kier molecular flexibility index (Phi) is 4.33. The standard InChI is InChI=1S/C16H22N6O3S/c17-26(24,25)12-3-4-13-14(11-12)22(21-9-5-18-6-10-21)19-15(13)16(23)20-7-1-2-8-20/h3-4,11,18H,1-2,5-10H2,(H2,17,24,25). The molecule has 1 aromatic carbocycles. The lowest BCUT2D eigenvalue weighted by Gasteiger charge is -2.29. The molecule has 0 aliphatic carbocycles. The molecule has 0 atom stereocenters. The van der Waals surface area contributed by atoms with Crippen LogP contribution in [-0.4, -0.2) is 68.4 Å². The van der Waals surface area contributed by atoms with Gasteiger partial charge in [-0.15, -0.1) is 5.10 Å². The molecule has 0 bridgehead atoms. The molecule has 1 amide bonds. The Hall–Kier alpha value is -2.17. The molecule has 2 fully saturated rings. The molecule has 1 aromatic heterocycles. The second-order valence-electron chi connectivity index (χ2n) is 6.66. The van der Waals surface area contributed by atoms with Crippen LogP contribution in [0, 0.1) is 0 Å². The highest BCUT2D eigenvalue weighted by Gasteiger charge is 2.27. The molecule has 0 spiro atoms. The number of hydrogen-bond acceptors (Lipinski definition) is 6. The van der Waals surface area contributed by atoms with Crippen molar-refractivity contribution in [3.8, 4) is 0 Å². The third-order valence-electron chi connectivity index (χ3n) is 4.92. The van der Waals surface area contributed by atoms with Gasteiger partial charge < -0.3 is 10.2 Å². The summed E-state index contributed by atoms with van der Waals surface area (Å²) in [6.45, 7) is 4.49. The number of benzene rings is 1. The maximum Gasteiger partial charge on any atom is 0.275 e. The molecule has 9 nitrogen and oxygen atoms in total. The van der Waals surface area contributed by atoms with E-state index in [1.54, 1.807) is 15.8 Å². The summed E-state index contributed by atoms with van der Waals surface area (Å²) in [6, 6.07) is 4.56. The molecular weight excluding hydrogens is 356 g/mol. The number of hydrogen-bond donors (Lipinski definition) is 2. The van der Waals surface area contributed by atoms with Gasteiger partial charge in [0.25, 0.3) is 5.91 Å². The zero-order valence-electron chi connectivity index (χ0n) is 14.4. The second kappa shape index (κ2) is 6.53.